The zero-order chi connectivity index (χ0) is 15.1. The van der Waals surface area contributed by atoms with Crippen LogP contribution in [0.5, 0.6) is 11.5 Å². The van der Waals surface area contributed by atoms with Crippen LogP contribution in [0.4, 0.5) is 0 Å². The molecule has 21 heavy (non-hydrogen) atoms. The van der Waals surface area contributed by atoms with Gasteiger partial charge in [0.05, 0.1) is 17.7 Å². The maximum Gasteiger partial charge on any atom is 0.141 e. The molecule has 2 aromatic rings. The molecule has 0 N–H and O–H groups in total. The quantitative estimate of drug-likeness (QED) is 0.344. The van der Waals surface area contributed by atoms with Crippen molar-refractivity contribution in [1.82, 2.24) is 0 Å². The number of hydrogen-bond donors (Lipinski definition) is 0. The first kappa shape index (κ1) is 17.1. The molecule has 0 amide bonds. The lowest BCUT2D eigenvalue weighted by molar-refractivity contribution is 0.314. The molecule has 0 atom stereocenters. The predicted molar refractivity (Wildman–Crippen MR) is 99.5 cm³/mol. The Kier molecular flexibility index (Phi) is 7.34. The van der Waals surface area contributed by atoms with Crippen molar-refractivity contribution < 1.29 is 9.47 Å². The van der Waals surface area contributed by atoms with Crippen molar-refractivity contribution in [3.63, 3.8) is 0 Å². The first-order chi connectivity index (χ1) is 10.3. The zero-order valence-corrected chi connectivity index (χ0v) is 16.3. The van der Waals surface area contributed by atoms with Gasteiger partial charge in [-0.2, -0.15) is 0 Å². The van der Waals surface area contributed by atoms with E-state index in [0.717, 1.165) is 50.2 Å². The average molecular weight is 481 g/mol. The van der Waals surface area contributed by atoms with Gasteiger partial charge in [0.15, 0.2) is 0 Å². The molecular formula is C16H17Br3O2. The summed E-state index contributed by atoms with van der Waals surface area (Å²) in [6, 6.07) is 10.2. The Balaban J connectivity index is 2.33. The zero-order valence-electron chi connectivity index (χ0n) is 11.6. The Hall–Kier alpha value is -0.260. The van der Waals surface area contributed by atoms with Gasteiger partial charge in [0.1, 0.15) is 11.5 Å². The molecule has 0 bridgehead atoms. The van der Waals surface area contributed by atoms with Gasteiger partial charge in [-0.05, 0) is 34.8 Å². The van der Waals surface area contributed by atoms with Gasteiger partial charge in [0.2, 0.25) is 0 Å². The molecule has 0 heterocycles. The summed E-state index contributed by atoms with van der Waals surface area (Å²) in [7, 11) is 0. The molecule has 0 aliphatic carbocycles. The Morgan fingerprint density at radius 2 is 1.48 bits per heavy atom. The van der Waals surface area contributed by atoms with E-state index in [4.69, 9.17) is 9.47 Å². The highest BCUT2D eigenvalue weighted by molar-refractivity contribution is 9.10. The fourth-order valence-corrected chi connectivity index (χ4v) is 3.01. The molecule has 2 aromatic carbocycles. The number of rotatable bonds is 8. The summed E-state index contributed by atoms with van der Waals surface area (Å²) in [4.78, 5) is 0. The Bertz CT molecular complexity index is 587. The lowest BCUT2D eigenvalue weighted by atomic mass is 10.1. The molecule has 0 aliphatic heterocycles. The van der Waals surface area contributed by atoms with Gasteiger partial charge in [-0.3, -0.25) is 0 Å². The highest BCUT2D eigenvalue weighted by Gasteiger charge is 2.12. The summed E-state index contributed by atoms with van der Waals surface area (Å²) in [6.45, 7) is 1.39. The fraction of sp³-hybridized carbons (Fsp3) is 0.375. The molecule has 0 unspecified atom stereocenters. The summed E-state index contributed by atoms with van der Waals surface area (Å²) in [5.41, 5.74) is 0. The van der Waals surface area contributed by atoms with Gasteiger partial charge in [0.25, 0.3) is 0 Å². The second-order valence-corrected chi connectivity index (χ2v) is 6.95. The van der Waals surface area contributed by atoms with E-state index in [2.05, 4.69) is 59.9 Å². The van der Waals surface area contributed by atoms with E-state index in [1.165, 1.54) is 0 Å². The van der Waals surface area contributed by atoms with Crippen LogP contribution in [-0.4, -0.2) is 23.9 Å². The number of hydrogen-bond acceptors (Lipinski definition) is 2. The van der Waals surface area contributed by atoms with Crippen molar-refractivity contribution >= 4 is 58.6 Å². The fourth-order valence-electron chi connectivity index (χ4n) is 2.01. The molecule has 0 aromatic heterocycles. The van der Waals surface area contributed by atoms with Crippen LogP contribution in [0.15, 0.2) is 34.8 Å². The van der Waals surface area contributed by atoms with Crippen molar-refractivity contribution in [2.75, 3.05) is 23.9 Å². The monoisotopic (exact) mass is 478 g/mol. The lowest BCUT2D eigenvalue weighted by Crippen LogP contribution is -2.02. The van der Waals surface area contributed by atoms with E-state index >= 15 is 0 Å². The van der Waals surface area contributed by atoms with Crippen LogP contribution < -0.4 is 9.47 Å². The molecular weight excluding hydrogens is 464 g/mol. The van der Waals surface area contributed by atoms with E-state index in [1.807, 2.05) is 18.2 Å². The third-order valence-corrected chi connectivity index (χ3v) is 4.68. The van der Waals surface area contributed by atoms with E-state index in [9.17, 15) is 0 Å². The standard InChI is InChI=1S/C16H17Br3O2/c17-7-3-9-20-15-11-14(19)16(21-10-4-8-18)13-6-2-1-5-12(13)15/h1-2,5-6,11H,3-4,7-10H2. The molecule has 2 rings (SSSR count). The number of benzene rings is 2. The van der Waals surface area contributed by atoms with Crippen molar-refractivity contribution in [1.29, 1.82) is 0 Å². The minimum Gasteiger partial charge on any atom is -0.493 e. The van der Waals surface area contributed by atoms with Gasteiger partial charge in [-0.1, -0.05) is 56.1 Å². The van der Waals surface area contributed by atoms with Crippen LogP contribution in [0, 0.1) is 0 Å². The Morgan fingerprint density at radius 3 is 2.14 bits per heavy atom. The average Bonchev–Trinajstić information content (AvgIpc) is 2.50. The number of alkyl halides is 2. The highest BCUT2D eigenvalue weighted by atomic mass is 79.9. The second kappa shape index (κ2) is 9.01. The maximum atomic E-state index is 5.93. The first-order valence-corrected chi connectivity index (χ1v) is 9.90. The molecule has 2 nitrogen and oxygen atoms in total. The Labute approximate surface area is 150 Å². The molecule has 0 saturated heterocycles. The first-order valence-electron chi connectivity index (χ1n) is 6.86. The molecule has 0 aliphatic rings. The van der Waals surface area contributed by atoms with Crippen LogP contribution in [0.25, 0.3) is 10.8 Å². The third-order valence-electron chi connectivity index (χ3n) is 2.97. The molecule has 0 radical (unpaired) electrons. The minimum absolute atomic E-state index is 0.692. The topological polar surface area (TPSA) is 18.5 Å². The van der Waals surface area contributed by atoms with E-state index in [-0.39, 0.29) is 0 Å². The van der Waals surface area contributed by atoms with E-state index in [0.29, 0.717) is 13.2 Å². The van der Waals surface area contributed by atoms with Crippen molar-refractivity contribution in [2.24, 2.45) is 0 Å². The van der Waals surface area contributed by atoms with Crippen LogP contribution in [0.1, 0.15) is 12.8 Å². The smallest absolute Gasteiger partial charge is 0.141 e. The number of halogens is 3. The number of fused-ring (bicyclic) bond motifs is 1. The summed E-state index contributed by atoms with van der Waals surface area (Å²) in [5.74, 6) is 1.78. The Morgan fingerprint density at radius 1 is 0.857 bits per heavy atom. The van der Waals surface area contributed by atoms with Crippen molar-refractivity contribution in [3.05, 3.63) is 34.8 Å². The molecule has 0 fully saturated rings. The van der Waals surface area contributed by atoms with Gasteiger partial charge >= 0.3 is 0 Å². The van der Waals surface area contributed by atoms with Crippen molar-refractivity contribution in [2.45, 2.75) is 12.8 Å². The molecule has 0 spiro atoms. The molecule has 5 heteroatoms. The van der Waals surface area contributed by atoms with Crippen LogP contribution in [0.3, 0.4) is 0 Å². The molecule has 114 valence electrons. The number of ether oxygens (including phenoxy) is 2. The van der Waals surface area contributed by atoms with Gasteiger partial charge < -0.3 is 9.47 Å². The maximum absolute atomic E-state index is 5.93. The van der Waals surface area contributed by atoms with Crippen LogP contribution >= 0.6 is 47.8 Å². The SMILES string of the molecule is BrCCCOc1cc(Br)c(OCCCBr)c2ccccc12. The summed E-state index contributed by atoms with van der Waals surface area (Å²) < 4.78 is 12.8. The second-order valence-electron chi connectivity index (χ2n) is 4.51. The summed E-state index contributed by atoms with van der Waals surface area (Å²) in [5, 5.41) is 4.05. The van der Waals surface area contributed by atoms with Gasteiger partial charge in [0, 0.05) is 21.4 Å². The largest absolute Gasteiger partial charge is 0.493 e. The third kappa shape index (κ3) is 4.60. The van der Waals surface area contributed by atoms with Gasteiger partial charge in [-0.25, -0.2) is 0 Å². The van der Waals surface area contributed by atoms with Crippen LogP contribution in [-0.2, 0) is 0 Å². The normalized spacial score (nSPS) is 10.8. The summed E-state index contributed by atoms with van der Waals surface area (Å²) >= 11 is 10.4. The predicted octanol–water partition coefficient (Wildman–Crippen LogP) is 5.93. The molecule has 0 saturated carbocycles. The van der Waals surface area contributed by atoms with E-state index < -0.39 is 0 Å². The lowest BCUT2D eigenvalue weighted by Gasteiger charge is -2.15. The highest BCUT2D eigenvalue weighted by Crippen LogP contribution is 2.39. The minimum atomic E-state index is 0.692. The van der Waals surface area contributed by atoms with Crippen LogP contribution in [0.2, 0.25) is 0 Å². The van der Waals surface area contributed by atoms with Crippen molar-refractivity contribution in [3.8, 4) is 11.5 Å². The summed E-state index contributed by atoms with van der Waals surface area (Å²) in [6.07, 6.45) is 1.96. The van der Waals surface area contributed by atoms with E-state index in [1.54, 1.807) is 0 Å². The van der Waals surface area contributed by atoms with Gasteiger partial charge in [-0.15, -0.1) is 0 Å².